The van der Waals surface area contributed by atoms with Crippen molar-refractivity contribution >= 4 is 23.5 Å². The normalized spacial score (nSPS) is 11.8. The molecule has 0 aliphatic carbocycles. The second-order valence-corrected chi connectivity index (χ2v) is 13.8. The molecule has 0 aliphatic heterocycles. The molecule has 0 N–H and O–H groups in total. The van der Waals surface area contributed by atoms with Gasteiger partial charge < -0.3 is 70.8 Å². The van der Waals surface area contributed by atoms with E-state index in [0.717, 1.165) is 0 Å². The monoisotopic (exact) mass is 956 g/mol. The van der Waals surface area contributed by atoms with E-state index >= 15 is 0 Å². The van der Waals surface area contributed by atoms with E-state index < -0.39 is 23.5 Å². The van der Waals surface area contributed by atoms with Crippen LogP contribution in [0.3, 0.4) is 0 Å². The predicted octanol–water partition coefficient (Wildman–Crippen LogP) is 0.854. The molecule has 0 fully saturated rings. The van der Waals surface area contributed by atoms with Gasteiger partial charge in [-0.25, -0.2) is 0 Å². The van der Waals surface area contributed by atoms with E-state index in [9.17, 15) is 43.1 Å². The van der Waals surface area contributed by atoms with Crippen LogP contribution in [0.5, 0.6) is 0 Å². The van der Waals surface area contributed by atoms with Gasteiger partial charge in [-0.3, -0.25) is 0 Å². The quantitative estimate of drug-likeness (QED) is 0.0962. The molecule has 0 aliphatic rings. The fraction of sp³-hybridized carbons (Fsp3) is 1.00. The zero-order valence-corrected chi connectivity index (χ0v) is 35.9. The van der Waals surface area contributed by atoms with Crippen LogP contribution in [0.1, 0.15) is 80.1 Å². The fourth-order valence-corrected chi connectivity index (χ4v) is 3.46. The van der Waals surface area contributed by atoms with E-state index in [-0.39, 0.29) is 101 Å². The molecule has 20 heteroatoms. The van der Waals surface area contributed by atoms with Crippen molar-refractivity contribution in [1.29, 1.82) is 0 Å². The maximum absolute atomic E-state index is 10.0. The molecule has 0 saturated carbocycles. The van der Waals surface area contributed by atoms with Crippen LogP contribution in [0.4, 0.5) is 0 Å². The Morgan fingerprint density at radius 2 is 0.591 bits per heavy atom. The van der Waals surface area contributed by atoms with Gasteiger partial charge in [0.2, 0.25) is 0 Å². The maximum Gasteiger partial charge on any atom is 3.00 e. The summed E-state index contributed by atoms with van der Waals surface area (Å²) in [5, 5.41) is 0. The van der Waals surface area contributed by atoms with Gasteiger partial charge in [0.1, 0.15) is 0 Å². The average Bonchev–Trinajstić information content (AvgIpc) is 2.80. The molecule has 44 heavy (non-hydrogen) atoms. The Labute approximate surface area is 329 Å². The summed E-state index contributed by atoms with van der Waals surface area (Å²) in [6.07, 6.45) is 3.66. The van der Waals surface area contributed by atoms with Crippen molar-refractivity contribution in [2.45, 2.75) is 80.1 Å². The van der Waals surface area contributed by atoms with Gasteiger partial charge in [-0.15, -0.1) is 0 Å². The first-order chi connectivity index (χ1) is 19.2. The number of unbranched alkanes of at least 4 members (excludes halogenated alkanes) is 3. The standard InChI is InChI=1S/3C8H19O5P.2Nd/c3*1-8(2)7-12-5-3-4-6-13-14(9,10)11;;/h3*8H,3-7H2,1-2H3,(H2,9,10,11);;/q;;;2*+3/p-6. The largest absolute Gasteiger partial charge is 3.00 e. The zero-order valence-electron chi connectivity index (χ0n) is 26.8. The van der Waals surface area contributed by atoms with Crippen molar-refractivity contribution in [3.05, 3.63) is 0 Å². The molecule has 0 unspecified atom stereocenters. The molecule has 0 bridgehead atoms. The second-order valence-electron chi connectivity index (χ2n) is 10.4. The van der Waals surface area contributed by atoms with E-state index in [1.54, 1.807) is 0 Å². The molecule has 2 radical (unpaired) electrons. The van der Waals surface area contributed by atoms with Crippen LogP contribution in [0.15, 0.2) is 0 Å². The smallest absolute Gasteiger partial charge is 0.790 e. The molecular weight excluding hydrogens is 910 g/mol. The Balaban J connectivity index is -0.000000169. The first kappa shape index (κ1) is 56.3. The van der Waals surface area contributed by atoms with Crippen molar-refractivity contribution in [2.24, 2.45) is 17.8 Å². The Kier molecular flexibility index (Phi) is 45.7. The van der Waals surface area contributed by atoms with Crippen LogP contribution in [-0.4, -0.2) is 59.5 Å². The SMILES string of the molecule is CC(C)COCCCCOP(=O)([O-])[O-].CC(C)COCCCCOP(=O)([O-])[O-].CC(C)COCCCCOP(=O)([O-])[O-].[Nd+3].[Nd+3]. The zero-order chi connectivity index (χ0) is 33.1. The molecule has 260 valence electrons. The van der Waals surface area contributed by atoms with E-state index in [4.69, 9.17) is 14.2 Å². The van der Waals surface area contributed by atoms with Crippen molar-refractivity contribution in [3.63, 3.8) is 0 Å². The molecule has 0 aromatic carbocycles. The third-order valence-electron chi connectivity index (χ3n) is 4.15. The van der Waals surface area contributed by atoms with Gasteiger partial charge in [-0.1, -0.05) is 41.5 Å². The molecule has 0 amide bonds. The van der Waals surface area contributed by atoms with Gasteiger partial charge in [-0.05, 0) is 56.3 Å². The molecular formula is C24H51Nd2O15P3. The Morgan fingerprint density at radius 3 is 0.750 bits per heavy atom. The molecule has 0 atom stereocenters. The van der Waals surface area contributed by atoms with Crippen LogP contribution >= 0.6 is 23.5 Å². The van der Waals surface area contributed by atoms with E-state index in [2.05, 4.69) is 13.6 Å². The molecule has 0 heterocycles. The predicted molar refractivity (Wildman–Crippen MR) is 145 cm³/mol. The molecule has 0 spiro atoms. The fourth-order valence-electron chi connectivity index (χ4n) is 2.40. The third-order valence-corrected chi connectivity index (χ3v) is 5.65. The maximum atomic E-state index is 10.0. The van der Waals surface area contributed by atoms with Gasteiger partial charge in [0.25, 0.3) is 0 Å². The number of phosphoric ester groups is 3. The third kappa shape index (κ3) is 67.1. The minimum absolute atomic E-state index is 0. The minimum atomic E-state index is -4.78. The Morgan fingerprint density at radius 1 is 0.409 bits per heavy atom. The first-order valence-corrected chi connectivity index (χ1v) is 18.4. The van der Waals surface area contributed by atoms with Crippen LogP contribution < -0.4 is 29.4 Å². The summed E-state index contributed by atoms with van der Waals surface area (Å²) in [6, 6.07) is 0. The summed E-state index contributed by atoms with van der Waals surface area (Å²) in [4.78, 5) is 60.2. The molecule has 15 nitrogen and oxygen atoms in total. The van der Waals surface area contributed by atoms with E-state index in [1.165, 1.54) is 0 Å². The number of rotatable bonds is 24. The van der Waals surface area contributed by atoms with Crippen LogP contribution in [0.2, 0.25) is 0 Å². The van der Waals surface area contributed by atoms with Crippen LogP contribution in [0, 0.1) is 99.4 Å². The van der Waals surface area contributed by atoms with Crippen LogP contribution in [0.25, 0.3) is 0 Å². The summed E-state index contributed by atoms with van der Waals surface area (Å²) in [6.45, 7) is 16.0. The number of hydrogen-bond donors (Lipinski definition) is 0. The van der Waals surface area contributed by atoms with Crippen molar-refractivity contribution < 1.29 is 153 Å². The van der Waals surface area contributed by atoms with Gasteiger partial charge in [0.05, 0.1) is 43.3 Å². The molecule has 0 rings (SSSR count). The van der Waals surface area contributed by atoms with Crippen molar-refractivity contribution in [2.75, 3.05) is 59.5 Å². The summed E-state index contributed by atoms with van der Waals surface area (Å²) < 4.78 is 58.0. The van der Waals surface area contributed by atoms with Gasteiger partial charge in [0.15, 0.2) is 0 Å². The topological polar surface area (TPSA) is 245 Å². The summed E-state index contributed by atoms with van der Waals surface area (Å²) in [5.74, 6) is 1.49. The summed E-state index contributed by atoms with van der Waals surface area (Å²) in [5.41, 5.74) is 0. The first-order valence-electron chi connectivity index (χ1n) is 14.0. The molecule has 0 aromatic heterocycles. The minimum Gasteiger partial charge on any atom is -0.790 e. The number of hydrogen-bond acceptors (Lipinski definition) is 15. The molecule has 0 saturated heterocycles. The Bertz CT molecular complexity index is 637. The Hall–Kier alpha value is 2.91. The van der Waals surface area contributed by atoms with Gasteiger partial charge >= 0.3 is 81.7 Å². The van der Waals surface area contributed by atoms with Crippen molar-refractivity contribution in [1.82, 2.24) is 0 Å². The second kappa shape index (κ2) is 35.7. The summed E-state index contributed by atoms with van der Waals surface area (Å²) >= 11 is 0. The number of phosphoric acid groups is 3. The summed E-state index contributed by atoms with van der Waals surface area (Å²) in [7, 11) is -14.3. The van der Waals surface area contributed by atoms with Gasteiger partial charge in [-0.2, -0.15) is 0 Å². The number of ether oxygens (including phenoxy) is 3. The van der Waals surface area contributed by atoms with E-state index in [0.29, 0.717) is 95.9 Å². The van der Waals surface area contributed by atoms with Gasteiger partial charge in [0, 0.05) is 39.6 Å². The van der Waals surface area contributed by atoms with E-state index in [1.807, 2.05) is 41.5 Å². The van der Waals surface area contributed by atoms with Crippen molar-refractivity contribution in [3.8, 4) is 0 Å². The molecule has 0 aromatic rings. The average molecular weight is 961 g/mol. The van der Waals surface area contributed by atoms with Crippen LogP contribution in [-0.2, 0) is 41.5 Å².